The number of hydrogen-bond donors (Lipinski definition) is 2. The summed E-state index contributed by atoms with van der Waals surface area (Å²) in [5, 5.41) is 3.05. The molecule has 16 heavy (non-hydrogen) atoms. The van der Waals surface area contributed by atoms with Crippen LogP contribution in [0.15, 0.2) is 0 Å². The molecule has 0 heterocycles. The fourth-order valence-corrected chi connectivity index (χ4v) is 2.19. The van der Waals surface area contributed by atoms with E-state index in [2.05, 4.69) is 12.2 Å². The van der Waals surface area contributed by atoms with Crippen molar-refractivity contribution < 1.29 is 4.79 Å². The quantitative estimate of drug-likeness (QED) is 0.588. The van der Waals surface area contributed by atoms with Crippen LogP contribution in [-0.2, 0) is 4.79 Å². The molecule has 92 valence electrons. The average Bonchev–Trinajstić information content (AvgIpc) is 2.42. The van der Waals surface area contributed by atoms with Crippen LogP contribution < -0.4 is 11.1 Å². The first-order valence-electron chi connectivity index (χ1n) is 6.10. The molecule has 0 aromatic heterocycles. The van der Waals surface area contributed by atoms with Crippen LogP contribution >= 0.6 is 12.2 Å². The molecule has 0 spiro atoms. The molecule has 0 aromatic rings. The first-order valence-corrected chi connectivity index (χ1v) is 6.51. The van der Waals surface area contributed by atoms with Crippen molar-refractivity contribution in [3.8, 4) is 0 Å². The average molecular weight is 242 g/mol. The zero-order valence-corrected chi connectivity index (χ0v) is 11.0. The van der Waals surface area contributed by atoms with Crippen LogP contribution in [-0.4, -0.2) is 16.9 Å². The lowest BCUT2D eigenvalue weighted by Gasteiger charge is -2.19. The predicted octanol–water partition coefficient (Wildman–Crippen LogP) is 1.99. The van der Waals surface area contributed by atoms with Crippen molar-refractivity contribution in [2.45, 2.75) is 52.0 Å². The summed E-state index contributed by atoms with van der Waals surface area (Å²) >= 11 is 4.82. The molecular formula is C12H22N2OS. The number of carbonyl (C=O) groups is 1. The summed E-state index contributed by atoms with van der Waals surface area (Å²) in [6.45, 7) is 4.04. The second kappa shape index (κ2) is 6.18. The number of nitrogens with two attached hydrogens (primary N) is 1. The van der Waals surface area contributed by atoms with E-state index >= 15 is 0 Å². The zero-order valence-electron chi connectivity index (χ0n) is 10.2. The van der Waals surface area contributed by atoms with Crippen LogP contribution in [0, 0.1) is 11.8 Å². The van der Waals surface area contributed by atoms with Gasteiger partial charge in [-0.05, 0) is 32.1 Å². The Hall–Kier alpha value is -0.640. The van der Waals surface area contributed by atoms with Crippen LogP contribution in [0.4, 0.5) is 0 Å². The number of hydrogen-bond acceptors (Lipinski definition) is 2. The third kappa shape index (κ3) is 4.08. The third-order valence-electron chi connectivity index (χ3n) is 3.42. The Morgan fingerprint density at radius 1 is 1.38 bits per heavy atom. The first kappa shape index (κ1) is 13.4. The van der Waals surface area contributed by atoms with Gasteiger partial charge in [0.1, 0.15) is 0 Å². The van der Waals surface area contributed by atoms with E-state index in [1.54, 1.807) is 6.92 Å². The van der Waals surface area contributed by atoms with Crippen molar-refractivity contribution in [3.05, 3.63) is 0 Å². The van der Waals surface area contributed by atoms with Crippen molar-refractivity contribution in [3.63, 3.8) is 0 Å². The van der Waals surface area contributed by atoms with Gasteiger partial charge in [0.15, 0.2) is 0 Å². The lowest BCUT2D eigenvalue weighted by molar-refractivity contribution is -0.123. The van der Waals surface area contributed by atoms with Gasteiger partial charge in [0.2, 0.25) is 5.91 Å². The predicted molar refractivity (Wildman–Crippen MR) is 70.1 cm³/mol. The Morgan fingerprint density at radius 3 is 2.69 bits per heavy atom. The second-order valence-corrected chi connectivity index (χ2v) is 5.41. The molecule has 1 aliphatic rings. The molecule has 3 nitrogen and oxygen atoms in total. The molecule has 3 unspecified atom stereocenters. The van der Waals surface area contributed by atoms with Gasteiger partial charge < -0.3 is 11.1 Å². The molecule has 0 aromatic carbocycles. The summed E-state index contributed by atoms with van der Waals surface area (Å²) in [5.41, 5.74) is 5.47. The van der Waals surface area contributed by atoms with Gasteiger partial charge in [-0.25, -0.2) is 0 Å². The molecule has 1 aliphatic carbocycles. The van der Waals surface area contributed by atoms with Crippen molar-refractivity contribution >= 4 is 23.1 Å². The molecule has 0 aliphatic heterocycles. The van der Waals surface area contributed by atoms with E-state index in [-0.39, 0.29) is 16.8 Å². The van der Waals surface area contributed by atoms with Gasteiger partial charge in [0, 0.05) is 6.04 Å². The normalized spacial score (nSPS) is 27.9. The molecule has 1 amide bonds. The van der Waals surface area contributed by atoms with Crippen LogP contribution in [0.2, 0.25) is 0 Å². The summed E-state index contributed by atoms with van der Waals surface area (Å²) < 4.78 is 0. The van der Waals surface area contributed by atoms with E-state index in [4.69, 9.17) is 18.0 Å². The Kier molecular flexibility index (Phi) is 5.19. The Labute approximate surface area is 103 Å². The van der Waals surface area contributed by atoms with Gasteiger partial charge in [0.05, 0.1) is 10.9 Å². The summed E-state index contributed by atoms with van der Waals surface area (Å²) in [5.74, 6) is 0.414. The van der Waals surface area contributed by atoms with Gasteiger partial charge >= 0.3 is 0 Å². The monoisotopic (exact) mass is 242 g/mol. The summed E-state index contributed by atoms with van der Waals surface area (Å²) in [4.78, 5) is 12.0. The van der Waals surface area contributed by atoms with Crippen molar-refractivity contribution in [2.75, 3.05) is 0 Å². The van der Waals surface area contributed by atoms with Gasteiger partial charge in [-0.1, -0.05) is 32.0 Å². The lowest BCUT2D eigenvalue weighted by atomic mass is 10.0. The fourth-order valence-electron chi connectivity index (χ4n) is 2.09. The Balaban J connectivity index is 2.41. The highest BCUT2D eigenvalue weighted by molar-refractivity contribution is 7.80. The molecule has 1 saturated carbocycles. The number of rotatable bonds is 3. The van der Waals surface area contributed by atoms with Crippen molar-refractivity contribution in [1.29, 1.82) is 0 Å². The Bertz CT molecular complexity index is 268. The standard InChI is InChI=1S/C12H22N2OS/c1-8-4-3-5-10(7-6-8)14-12(15)9(2)11(13)16/h8-10H,3-7H2,1-2H3,(H2,13,16)(H,14,15). The van der Waals surface area contributed by atoms with Crippen LogP contribution in [0.25, 0.3) is 0 Å². The highest BCUT2D eigenvalue weighted by atomic mass is 32.1. The van der Waals surface area contributed by atoms with E-state index in [0.717, 1.165) is 18.8 Å². The second-order valence-electron chi connectivity index (χ2n) is 4.94. The summed E-state index contributed by atoms with van der Waals surface area (Å²) in [7, 11) is 0. The van der Waals surface area contributed by atoms with Crippen LogP contribution in [0.1, 0.15) is 46.0 Å². The molecule has 0 radical (unpaired) electrons. The lowest BCUT2D eigenvalue weighted by Crippen LogP contribution is -2.41. The molecular weight excluding hydrogens is 220 g/mol. The zero-order chi connectivity index (χ0) is 12.1. The number of carbonyl (C=O) groups excluding carboxylic acids is 1. The van der Waals surface area contributed by atoms with Crippen LogP contribution in [0.5, 0.6) is 0 Å². The molecule has 4 heteroatoms. The summed E-state index contributed by atoms with van der Waals surface area (Å²) in [6, 6.07) is 0.314. The number of thiocarbonyl (C=S) groups is 1. The molecule has 0 bridgehead atoms. The maximum Gasteiger partial charge on any atom is 0.229 e. The molecule has 0 saturated heterocycles. The minimum absolute atomic E-state index is 0.0212. The Morgan fingerprint density at radius 2 is 2.06 bits per heavy atom. The smallest absolute Gasteiger partial charge is 0.229 e. The van der Waals surface area contributed by atoms with Crippen LogP contribution in [0.3, 0.4) is 0 Å². The van der Waals surface area contributed by atoms with E-state index in [9.17, 15) is 4.79 Å². The van der Waals surface area contributed by atoms with E-state index in [0.29, 0.717) is 6.04 Å². The highest BCUT2D eigenvalue weighted by Crippen LogP contribution is 2.22. The fraction of sp³-hybridized carbons (Fsp3) is 0.833. The van der Waals surface area contributed by atoms with Gasteiger partial charge in [-0.2, -0.15) is 0 Å². The van der Waals surface area contributed by atoms with Crippen molar-refractivity contribution in [1.82, 2.24) is 5.32 Å². The number of amides is 1. The largest absolute Gasteiger partial charge is 0.393 e. The first-order chi connectivity index (χ1) is 7.50. The molecule has 1 rings (SSSR count). The maximum absolute atomic E-state index is 11.8. The SMILES string of the molecule is CC1CCCC(NC(=O)C(C)C(N)=S)CC1. The maximum atomic E-state index is 11.8. The van der Waals surface area contributed by atoms with E-state index in [1.807, 2.05) is 0 Å². The molecule has 3 atom stereocenters. The van der Waals surface area contributed by atoms with E-state index in [1.165, 1.54) is 19.3 Å². The third-order valence-corrected chi connectivity index (χ3v) is 3.78. The minimum atomic E-state index is -0.351. The topological polar surface area (TPSA) is 55.1 Å². The van der Waals surface area contributed by atoms with Gasteiger partial charge in [-0.3, -0.25) is 4.79 Å². The van der Waals surface area contributed by atoms with Gasteiger partial charge in [-0.15, -0.1) is 0 Å². The summed E-state index contributed by atoms with van der Waals surface area (Å²) in [6.07, 6.45) is 5.84. The van der Waals surface area contributed by atoms with Gasteiger partial charge in [0.25, 0.3) is 0 Å². The molecule has 1 fully saturated rings. The van der Waals surface area contributed by atoms with E-state index < -0.39 is 0 Å². The minimum Gasteiger partial charge on any atom is -0.393 e. The number of nitrogens with one attached hydrogen (secondary N) is 1. The highest BCUT2D eigenvalue weighted by Gasteiger charge is 2.21. The van der Waals surface area contributed by atoms with Crippen molar-refractivity contribution in [2.24, 2.45) is 17.6 Å². The molecule has 3 N–H and O–H groups in total.